The third-order valence-corrected chi connectivity index (χ3v) is 3.80. The number of anilines is 1. The summed E-state index contributed by atoms with van der Waals surface area (Å²) in [7, 11) is 0. The van der Waals surface area contributed by atoms with Crippen LogP contribution < -0.4 is 10.1 Å². The number of halogens is 2. The molecule has 134 valence electrons. The SMILES string of the molecule is O=C(Nc1ccc(F)cn1)c1cc(Oc2cncc(Cl)c2)cn2ccnc12. The van der Waals surface area contributed by atoms with Crippen molar-refractivity contribution in [2.45, 2.75) is 0 Å². The number of pyridine rings is 3. The Bertz CT molecular complexity index is 1130. The van der Waals surface area contributed by atoms with Gasteiger partial charge in [-0.15, -0.1) is 0 Å². The van der Waals surface area contributed by atoms with Crippen molar-refractivity contribution in [3.05, 3.63) is 77.8 Å². The second-order valence-corrected chi connectivity index (χ2v) is 5.94. The zero-order valence-corrected chi connectivity index (χ0v) is 14.4. The number of nitrogens with one attached hydrogen (secondary N) is 1. The van der Waals surface area contributed by atoms with E-state index in [0.29, 0.717) is 22.2 Å². The standard InChI is InChI=1S/C18H11ClFN5O2/c19-11-5-13(9-21-7-11)27-14-6-15(17-22-3-4-25(17)10-14)18(26)24-16-2-1-12(20)8-23-16/h1-10H,(H,23,24,26). The van der Waals surface area contributed by atoms with Gasteiger partial charge in [0.2, 0.25) is 0 Å². The van der Waals surface area contributed by atoms with Crippen LogP contribution in [-0.4, -0.2) is 25.3 Å². The number of hydrogen-bond acceptors (Lipinski definition) is 5. The van der Waals surface area contributed by atoms with Crippen molar-refractivity contribution in [1.29, 1.82) is 0 Å². The van der Waals surface area contributed by atoms with E-state index >= 15 is 0 Å². The Morgan fingerprint density at radius 2 is 2.04 bits per heavy atom. The first-order valence-corrected chi connectivity index (χ1v) is 8.14. The van der Waals surface area contributed by atoms with Gasteiger partial charge in [0.05, 0.1) is 29.2 Å². The predicted octanol–water partition coefficient (Wildman–Crippen LogP) is 3.96. The van der Waals surface area contributed by atoms with E-state index in [2.05, 4.69) is 20.3 Å². The van der Waals surface area contributed by atoms with Crippen LogP contribution in [0.15, 0.2) is 61.4 Å². The quantitative estimate of drug-likeness (QED) is 0.576. The number of hydrogen-bond donors (Lipinski definition) is 1. The second-order valence-electron chi connectivity index (χ2n) is 5.50. The van der Waals surface area contributed by atoms with Crippen molar-refractivity contribution in [3.8, 4) is 11.5 Å². The molecule has 1 N–H and O–H groups in total. The molecule has 7 nitrogen and oxygen atoms in total. The summed E-state index contributed by atoms with van der Waals surface area (Å²) in [5.74, 6) is 0.0842. The lowest BCUT2D eigenvalue weighted by atomic mass is 10.2. The highest BCUT2D eigenvalue weighted by Gasteiger charge is 2.15. The molecule has 0 aliphatic heterocycles. The first-order chi connectivity index (χ1) is 13.1. The minimum atomic E-state index is -0.492. The Kier molecular flexibility index (Phi) is 4.39. The molecule has 4 heterocycles. The third-order valence-electron chi connectivity index (χ3n) is 3.59. The van der Waals surface area contributed by atoms with Crippen molar-refractivity contribution in [2.75, 3.05) is 5.32 Å². The molecule has 0 bridgehead atoms. The molecule has 0 atom stereocenters. The van der Waals surface area contributed by atoms with Crippen LogP contribution in [0.3, 0.4) is 0 Å². The minimum Gasteiger partial charge on any atom is -0.454 e. The number of aromatic nitrogens is 4. The van der Waals surface area contributed by atoms with Gasteiger partial charge in [0, 0.05) is 24.7 Å². The zero-order valence-electron chi connectivity index (χ0n) is 13.6. The van der Waals surface area contributed by atoms with Crippen molar-refractivity contribution < 1.29 is 13.9 Å². The molecule has 0 radical (unpaired) electrons. The molecule has 0 fully saturated rings. The van der Waals surface area contributed by atoms with Crippen LogP contribution in [0, 0.1) is 5.82 Å². The van der Waals surface area contributed by atoms with E-state index < -0.39 is 11.7 Å². The van der Waals surface area contributed by atoms with Crippen LogP contribution >= 0.6 is 11.6 Å². The molecule has 0 aliphatic carbocycles. The monoisotopic (exact) mass is 383 g/mol. The van der Waals surface area contributed by atoms with E-state index in [1.165, 1.54) is 24.5 Å². The second kappa shape index (κ2) is 7.00. The van der Waals surface area contributed by atoms with Crippen LogP contribution in [0.2, 0.25) is 5.02 Å². The maximum absolute atomic E-state index is 13.0. The Hall–Kier alpha value is -3.52. The lowest BCUT2D eigenvalue weighted by molar-refractivity contribution is 0.102. The number of carbonyl (C=O) groups is 1. The minimum absolute atomic E-state index is 0.219. The Morgan fingerprint density at radius 3 is 2.81 bits per heavy atom. The maximum atomic E-state index is 13.0. The molecule has 0 saturated carbocycles. The van der Waals surface area contributed by atoms with Gasteiger partial charge >= 0.3 is 0 Å². The maximum Gasteiger partial charge on any atom is 0.260 e. The highest BCUT2D eigenvalue weighted by atomic mass is 35.5. The van der Waals surface area contributed by atoms with Gasteiger partial charge in [-0.25, -0.2) is 14.4 Å². The molecule has 0 aromatic carbocycles. The van der Waals surface area contributed by atoms with Gasteiger partial charge in [0.25, 0.3) is 5.91 Å². The average Bonchev–Trinajstić information content (AvgIpc) is 3.11. The van der Waals surface area contributed by atoms with Crippen molar-refractivity contribution in [3.63, 3.8) is 0 Å². The van der Waals surface area contributed by atoms with Gasteiger partial charge in [-0.05, 0) is 18.2 Å². The molecule has 27 heavy (non-hydrogen) atoms. The molecule has 0 unspecified atom stereocenters. The number of ether oxygens (including phenoxy) is 1. The Labute approximate surface area is 157 Å². The fourth-order valence-corrected chi connectivity index (χ4v) is 2.61. The molecule has 4 rings (SSSR count). The molecule has 4 aromatic rings. The number of fused-ring (bicyclic) bond motifs is 1. The van der Waals surface area contributed by atoms with Crippen LogP contribution in [0.25, 0.3) is 5.65 Å². The zero-order chi connectivity index (χ0) is 18.8. The van der Waals surface area contributed by atoms with Gasteiger partial charge < -0.3 is 14.5 Å². The number of carbonyl (C=O) groups excluding carboxylic acids is 1. The van der Waals surface area contributed by atoms with E-state index in [-0.39, 0.29) is 11.4 Å². The highest BCUT2D eigenvalue weighted by Crippen LogP contribution is 2.26. The van der Waals surface area contributed by atoms with Gasteiger partial charge in [-0.1, -0.05) is 11.6 Å². The highest BCUT2D eigenvalue weighted by molar-refractivity contribution is 6.30. The van der Waals surface area contributed by atoms with Crippen LogP contribution in [0.4, 0.5) is 10.2 Å². The fourth-order valence-electron chi connectivity index (χ4n) is 2.45. The summed E-state index contributed by atoms with van der Waals surface area (Å²) >= 11 is 5.92. The van der Waals surface area contributed by atoms with Crippen molar-refractivity contribution in [1.82, 2.24) is 19.4 Å². The third kappa shape index (κ3) is 3.70. The normalized spacial score (nSPS) is 10.7. The summed E-state index contributed by atoms with van der Waals surface area (Å²) in [5.41, 5.74) is 0.699. The smallest absolute Gasteiger partial charge is 0.260 e. The largest absolute Gasteiger partial charge is 0.454 e. The molecule has 0 spiro atoms. The first-order valence-electron chi connectivity index (χ1n) is 7.76. The summed E-state index contributed by atoms with van der Waals surface area (Å²) in [6.07, 6.45) is 8.94. The Balaban J connectivity index is 1.67. The Morgan fingerprint density at radius 1 is 1.15 bits per heavy atom. The number of amides is 1. The van der Waals surface area contributed by atoms with E-state index in [1.54, 1.807) is 35.1 Å². The van der Waals surface area contributed by atoms with Crippen LogP contribution in [0.1, 0.15) is 10.4 Å². The molecule has 1 amide bonds. The van der Waals surface area contributed by atoms with E-state index in [4.69, 9.17) is 16.3 Å². The molecule has 0 saturated heterocycles. The topological polar surface area (TPSA) is 81.4 Å². The number of rotatable bonds is 4. The van der Waals surface area contributed by atoms with Crippen molar-refractivity contribution in [2.24, 2.45) is 0 Å². The summed E-state index contributed by atoms with van der Waals surface area (Å²) in [6, 6.07) is 5.73. The van der Waals surface area contributed by atoms with Gasteiger partial charge in [0.15, 0.2) is 0 Å². The first kappa shape index (κ1) is 16.9. The lowest BCUT2D eigenvalue weighted by Crippen LogP contribution is -2.14. The predicted molar refractivity (Wildman–Crippen MR) is 96.7 cm³/mol. The van der Waals surface area contributed by atoms with E-state index in [1.807, 2.05) is 0 Å². The molecule has 4 aromatic heterocycles. The van der Waals surface area contributed by atoms with E-state index in [9.17, 15) is 9.18 Å². The van der Waals surface area contributed by atoms with Gasteiger partial charge in [0.1, 0.15) is 28.8 Å². The molecule has 0 aliphatic rings. The van der Waals surface area contributed by atoms with Crippen LogP contribution in [-0.2, 0) is 0 Å². The van der Waals surface area contributed by atoms with Crippen molar-refractivity contribution >= 4 is 29.0 Å². The van der Waals surface area contributed by atoms with Gasteiger partial charge in [-0.3, -0.25) is 9.78 Å². The van der Waals surface area contributed by atoms with Crippen LogP contribution in [0.5, 0.6) is 11.5 Å². The summed E-state index contributed by atoms with van der Waals surface area (Å²) in [5, 5.41) is 3.04. The van der Waals surface area contributed by atoms with Gasteiger partial charge in [-0.2, -0.15) is 0 Å². The molecule has 9 heteroatoms. The van der Waals surface area contributed by atoms with E-state index in [0.717, 1.165) is 6.20 Å². The number of imidazole rings is 1. The fraction of sp³-hybridized carbons (Fsp3) is 0. The average molecular weight is 384 g/mol. The molecular weight excluding hydrogens is 373 g/mol. The number of nitrogens with zero attached hydrogens (tertiary/aromatic N) is 4. The molecular formula is C18H11ClFN5O2. The summed E-state index contributed by atoms with van der Waals surface area (Å²) in [4.78, 5) is 24.7. The summed E-state index contributed by atoms with van der Waals surface area (Å²) in [6.45, 7) is 0. The lowest BCUT2D eigenvalue weighted by Gasteiger charge is -2.10. The summed E-state index contributed by atoms with van der Waals surface area (Å²) < 4.78 is 20.4.